The number of nitrogens with zero attached hydrogens (tertiary/aromatic N) is 2. The summed E-state index contributed by atoms with van der Waals surface area (Å²) >= 11 is 0. The smallest absolute Gasteiger partial charge is 0.188 e. The van der Waals surface area contributed by atoms with Gasteiger partial charge in [0.1, 0.15) is 0 Å². The first-order valence-electron chi connectivity index (χ1n) is 7.38. The van der Waals surface area contributed by atoms with Crippen molar-refractivity contribution in [2.24, 2.45) is 22.6 Å². The number of likely N-dealkylation sites (tertiary alicyclic amines) is 1. The zero-order valence-corrected chi connectivity index (χ0v) is 15.0. The van der Waals surface area contributed by atoms with Crippen LogP contribution in [0.1, 0.15) is 40.0 Å². The lowest BCUT2D eigenvalue weighted by molar-refractivity contribution is 0.186. The van der Waals surface area contributed by atoms with Gasteiger partial charge in [0, 0.05) is 19.6 Å². The minimum absolute atomic E-state index is 0. The summed E-state index contributed by atoms with van der Waals surface area (Å²) in [6.07, 6.45) is 3.73. The highest BCUT2D eigenvalue weighted by molar-refractivity contribution is 14.0. The summed E-state index contributed by atoms with van der Waals surface area (Å²) in [5, 5.41) is 3.19. The highest BCUT2D eigenvalue weighted by Crippen LogP contribution is 2.16. The highest BCUT2D eigenvalue weighted by atomic mass is 127. The van der Waals surface area contributed by atoms with E-state index in [1.165, 1.54) is 25.9 Å². The molecule has 1 saturated heterocycles. The molecule has 1 aliphatic heterocycles. The predicted molar refractivity (Wildman–Crippen MR) is 94.2 cm³/mol. The second-order valence-corrected chi connectivity index (χ2v) is 5.74. The van der Waals surface area contributed by atoms with E-state index in [1.807, 2.05) is 0 Å². The van der Waals surface area contributed by atoms with Gasteiger partial charge in [0.05, 0.1) is 0 Å². The van der Waals surface area contributed by atoms with Crippen molar-refractivity contribution in [3.05, 3.63) is 0 Å². The Morgan fingerprint density at radius 1 is 1.47 bits per heavy atom. The topological polar surface area (TPSA) is 53.6 Å². The van der Waals surface area contributed by atoms with E-state index in [1.54, 1.807) is 0 Å². The Morgan fingerprint density at radius 2 is 2.21 bits per heavy atom. The quantitative estimate of drug-likeness (QED) is 0.421. The van der Waals surface area contributed by atoms with Crippen LogP contribution in [0.15, 0.2) is 4.99 Å². The average Bonchev–Trinajstić information content (AvgIpc) is 2.36. The van der Waals surface area contributed by atoms with E-state index < -0.39 is 0 Å². The van der Waals surface area contributed by atoms with Gasteiger partial charge in [-0.1, -0.05) is 20.8 Å². The van der Waals surface area contributed by atoms with Crippen LogP contribution in [0.5, 0.6) is 0 Å². The van der Waals surface area contributed by atoms with Crippen molar-refractivity contribution < 1.29 is 0 Å². The molecule has 1 heterocycles. The van der Waals surface area contributed by atoms with Gasteiger partial charge in [0.15, 0.2) is 5.96 Å². The van der Waals surface area contributed by atoms with E-state index in [9.17, 15) is 0 Å². The maximum absolute atomic E-state index is 5.87. The molecule has 1 aliphatic rings. The lowest BCUT2D eigenvalue weighted by Gasteiger charge is -2.30. The fraction of sp³-hybridized carbons (Fsp3) is 0.929. The zero-order chi connectivity index (χ0) is 13.4. The molecule has 0 aromatic heterocycles. The summed E-state index contributed by atoms with van der Waals surface area (Å²) in [5.41, 5.74) is 5.87. The minimum Gasteiger partial charge on any atom is -0.370 e. The molecule has 0 bridgehead atoms. The maximum Gasteiger partial charge on any atom is 0.188 e. The molecule has 0 saturated carbocycles. The largest absolute Gasteiger partial charge is 0.370 e. The monoisotopic (exact) mass is 382 g/mol. The standard InChI is InChI=1S/C14H30N4.HI/c1-4-18-9-5-6-13(11-18)10-17-14(15)16-8-7-12(2)3;/h12-13H,4-11H2,1-3H3,(H3,15,16,17);1H. The van der Waals surface area contributed by atoms with Crippen LogP contribution in [0.4, 0.5) is 0 Å². The fourth-order valence-electron chi connectivity index (χ4n) is 2.36. The number of hydrogen-bond acceptors (Lipinski definition) is 2. The third-order valence-corrected chi connectivity index (χ3v) is 3.60. The molecule has 0 radical (unpaired) electrons. The summed E-state index contributed by atoms with van der Waals surface area (Å²) in [6, 6.07) is 0. The second-order valence-electron chi connectivity index (χ2n) is 5.74. The molecule has 0 aliphatic carbocycles. The number of nitrogens with two attached hydrogens (primary N) is 1. The van der Waals surface area contributed by atoms with Gasteiger partial charge < -0.3 is 16.0 Å². The molecule has 1 rings (SSSR count). The van der Waals surface area contributed by atoms with Crippen molar-refractivity contribution in [2.45, 2.75) is 40.0 Å². The Labute approximate surface area is 135 Å². The average molecular weight is 382 g/mol. The van der Waals surface area contributed by atoms with E-state index in [-0.39, 0.29) is 24.0 Å². The molecule has 3 N–H and O–H groups in total. The number of hydrogen-bond donors (Lipinski definition) is 2. The molecular weight excluding hydrogens is 351 g/mol. The molecule has 19 heavy (non-hydrogen) atoms. The van der Waals surface area contributed by atoms with Crippen LogP contribution in [-0.2, 0) is 0 Å². The van der Waals surface area contributed by atoms with Gasteiger partial charge in [0.2, 0.25) is 0 Å². The van der Waals surface area contributed by atoms with Gasteiger partial charge in [-0.2, -0.15) is 0 Å². The first-order valence-corrected chi connectivity index (χ1v) is 7.38. The predicted octanol–water partition coefficient (Wildman–Crippen LogP) is 2.29. The Morgan fingerprint density at radius 3 is 2.84 bits per heavy atom. The molecule has 0 aromatic rings. The first-order chi connectivity index (χ1) is 8.61. The third-order valence-electron chi connectivity index (χ3n) is 3.60. The highest BCUT2D eigenvalue weighted by Gasteiger charge is 2.18. The van der Waals surface area contributed by atoms with Crippen LogP contribution in [-0.4, -0.2) is 43.6 Å². The minimum atomic E-state index is 0. The lowest BCUT2D eigenvalue weighted by atomic mass is 9.98. The number of guanidine groups is 1. The molecule has 0 spiro atoms. The second kappa shape index (κ2) is 10.7. The lowest BCUT2D eigenvalue weighted by Crippen LogP contribution is -2.37. The SMILES string of the molecule is CCN1CCCC(CN=C(N)NCCC(C)C)C1.I. The first kappa shape index (κ1) is 19.0. The molecule has 1 fully saturated rings. The Bertz CT molecular complexity index is 256. The summed E-state index contributed by atoms with van der Waals surface area (Å²) in [4.78, 5) is 6.98. The maximum atomic E-state index is 5.87. The summed E-state index contributed by atoms with van der Waals surface area (Å²) in [5.74, 6) is 2.01. The normalized spacial score (nSPS) is 21.3. The van der Waals surface area contributed by atoms with Crippen molar-refractivity contribution in [1.29, 1.82) is 0 Å². The van der Waals surface area contributed by atoms with Crippen LogP contribution < -0.4 is 11.1 Å². The van der Waals surface area contributed by atoms with Gasteiger partial charge in [-0.3, -0.25) is 4.99 Å². The molecule has 4 nitrogen and oxygen atoms in total. The van der Waals surface area contributed by atoms with Crippen molar-refractivity contribution in [3.8, 4) is 0 Å². The van der Waals surface area contributed by atoms with Gasteiger partial charge in [-0.15, -0.1) is 24.0 Å². The summed E-state index contributed by atoms with van der Waals surface area (Å²) < 4.78 is 0. The van der Waals surface area contributed by atoms with Crippen LogP contribution in [0.2, 0.25) is 0 Å². The van der Waals surface area contributed by atoms with Gasteiger partial charge in [-0.05, 0) is 44.2 Å². The molecule has 1 unspecified atom stereocenters. The third kappa shape index (κ3) is 8.68. The van der Waals surface area contributed by atoms with Crippen LogP contribution in [0, 0.1) is 11.8 Å². The van der Waals surface area contributed by atoms with Crippen molar-refractivity contribution in [3.63, 3.8) is 0 Å². The van der Waals surface area contributed by atoms with Crippen molar-refractivity contribution in [2.75, 3.05) is 32.7 Å². The van der Waals surface area contributed by atoms with E-state index in [4.69, 9.17) is 5.73 Å². The summed E-state index contributed by atoms with van der Waals surface area (Å²) in [6.45, 7) is 12.1. The van der Waals surface area contributed by atoms with Gasteiger partial charge in [-0.25, -0.2) is 0 Å². The van der Waals surface area contributed by atoms with E-state index in [0.29, 0.717) is 17.8 Å². The van der Waals surface area contributed by atoms with Gasteiger partial charge >= 0.3 is 0 Å². The molecule has 0 amide bonds. The number of halogens is 1. The number of aliphatic imine (C=N–C) groups is 1. The molecule has 1 atom stereocenters. The van der Waals surface area contributed by atoms with Crippen LogP contribution in [0.3, 0.4) is 0 Å². The number of piperidine rings is 1. The van der Waals surface area contributed by atoms with E-state index in [2.05, 4.69) is 36.0 Å². The van der Waals surface area contributed by atoms with E-state index in [0.717, 1.165) is 26.1 Å². The van der Waals surface area contributed by atoms with Gasteiger partial charge in [0.25, 0.3) is 0 Å². The van der Waals surface area contributed by atoms with Crippen LogP contribution >= 0.6 is 24.0 Å². The Balaban J connectivity index is 0.00000324. The van der Waals surface area contributed by atoms with E-state index >= 15 is 0 Å². The summed E-state index contributed by atoms with van der Waals surface area (Å²) in [7, 11) is 0. The number of nitrogens with one attached hydrogen (secondary N) is 1. The molecule has 0 aromatic carbocycles. The fourth-order valence-corrected chi connectivity index (χ4v) is 2.36. The van der Waals surface area contributed by atoms with Crippen molar-refractivity contribution in [1.82, 2.24) is 10.2 Å². The van der Waals surface area contributed by atoms with Crippen LogP contribution in [0.25, 0.3) is 0 Å². The van der Waals surface area contributed by atoms with Crippen molar-refractivity contribution >= 4 is 29.9 Å². The molecule has 114 valence electrons. The number of rotatable bonds is 6. The Hall–Kier alpha value is -0.0400. The zero-order valence-electron chi connectivity index (χ0n) is 12.7. The Kier molecular flexibility index (Phi) is 10.7. The molecule has 5 heteroatoms. The molecular formula is C14H31IN4.